The van der Waals surface area contributed by atoms with Crippen LogP contribution in [0.1, 0.15) is 6.42 Å². The molecule has 1 aromatic rings. The minimum Gasteiger partial charge on any atom is -0.481 e. The van der Waals surface area contributed by atoms with E-state index in [2.05, 4.69) is 0 Å². The molecule has 0 bridgehead atoms. The van der Waals surface area contributed by atoms with E-state index in [1.165, 1.54) is 0 Å². The van der Waals surface area contributed by atoms with Gasteiger partial charge in [0.1, 0.15) is 6.54 Å². The van der Waals surface area contributed by atoms with Crippen molar-refractivity contribution in [1.82, 2.24) is 0 Å². The molecule has 16 heavy (non-hydrogen) atoms. The van der Waals surface area contributed by atoms with Crippen LogP contribution in [0.5, 0.6) is 0 Å². The molecule has 0 saturated carbocycles. The first-order valence-electron chi connectivity index (χ1n) is 4.83. The fraction of sp³-hybridized carbons (Fsp3) is 0.273. The van der Waals surface area contributed by atoms with Crippen LogP contribution in [0.4, 0.5) is 11.4 Å². The second-order valence-electron chi connectivity index (χ2n) is 3.28. The Balaban J connectivity index is 2.81. The van der Waals surface area contributed by atoms with Crippen molar-refractivity contribution in [3.8, 4) is 6.07 Å². The van der Waals surface area contributed by atoms with E-state index in [0.29, 0.717) is 11.4 Å². The molecular weight excluding hydrogens is 206 g/mol. The zero-order chi connectivity index (χ0) is 12.0. The van der Waals surface area contributed by atoms with Gasteiger partial charge < -0.3 is 15.7 Å². The Morgan fingerprint density at radius 1 is 1.50 bits per heavy atom. The summed E-state index contributed by atoms with van der Waals surface area (Å²) >= 11 is 0. The molecule has 0 aliphatic carbocycles. The Bertz CT molecular complexity index is 412. The fourth-order valence-electron chi connectivity index (χ4n) is 1.38. The molecule has 0 atom stereocenters. The largest absolute Gasteiger partial charge is 0.481 e. The number of anilines is 2. The molecule has 1 rings (SSSR count). The number of nitrogen functional groups attached to an aromatic ring is 1. The van der Waals surface area contributed by atoms with Crippen molar-refractivity contribution in [3.05, 3.63) is 24.3 Å². The van der Waals surface area contributed by atoms with Crippen molar-refractivity contribution in [3.63, 3.8) is 0 Å². The number of nitriles is 1. The molecular formula is C11H13N3O2. The minimum atomic E-state index is -0.891. The van der Waals surface area contributed by atoms with E-state index in [-0.39, 0.29) is 19.5 Å². The summed E-state index contributed by atoms with van der Waals surface area (Å²) in [5, 5.41) is 17.3. The van der Waals surface area contributed by atoms with Crippen molar-refractivity contribution < 1.29 is 9.90 Å². The van der Waals surface area contributed by atoms with E-state index < -0.39 is 5.97 Å². The molecule has 0 unspecified atom stereocenters. The van der Waals surface area contributed by atoms with Gasteiger partial charge in [-0.3, -0.25) is 4.79 Å². The molecule has 0 aliphatic rings. The normalized spacial score (nSPS) is 9.44. The highest BCUT2D eigenvalue weighted by atomic mass is 16.4. The molecule has 0 aromatic heterocycles. The Labute approximate surface area is 93.7 Å². The first-order valence-corrected chi connectivity index (χ1v) is 4.83. The molecule has 0 fully saturated rings. The van der Waals surface area contributed by atoms with Gasteiger partial charge in [0.2, 0.25) is 0 Å². The van der Waals surface area contributed by atoms with Crippen molar-refractivity contribution in [1.29, 1.82) is 5.26 Å². The van der Waals surface area contributed by atoms with Crippen molar-refractivity contribution >= 4 is 17.3 Å². The van der Waals surface area contributed by atoms with E-state index in [1.54, 1.807) is 29.2 Å². The summed E-state index contributed by atoms with van der Waals surface area (Å²) in [6.07, 6.45) is -0.0178. The van der Waals surface area contributed by atoms with Gasteiger partial charge in [0, 0.05) is 6.54 Å². The Morgan fingerprint density at radius 3 is 2.75 bits per heavy atom. The first kappa shape index (κ1) is 11.9. The maximum Gasteiger partial charge on any atom is 0.305 e. The molecule has 0 aliphatic heterocycles. The third kappa shape index (κ3) is 3.17. The van der Waals surface area contributed by atoms with Gasteiger partial charge in [-0.1, -0.05) is 12.1 Å². The maximum atomic E-state index is 10.5. The summed E-state index contributed by atoms with van der Waals surface area (Å²) in [7, 11) is 0. The molecule has 3 N–H and O–H groups in total. The molecule has 0 spiro atoms. The number of rotatable bonds is 5. The molecule has 84 valence electrons. The van der Waals surface area contributed by atoms with Crippen LogP contribution in [0.2, 0.25) is 0 Å². The van der Waals surface area contributed by atoms with Gasteiger partial charge in [-0.15, -0.1) is 0 Å². The molecule has 0 saturated heterocycles. The summed E-state index contributed by atoms with van der Waals surface area (Å²) in [4.78, 5) is 12.1. The third-order valence-corrected chi connectivity index (χ3v) is 2.13. The average Bonchev–Trinajstić information content (AvgIpc) is 2.25. The molecule has 5 heteroatoms. The van der Waals surface area contributed by atoms with Crippen LogP contribution in [-0.4, -0.2) is 24.2 Å². The summed E-state index contributed by atoms with van der Waals surface area (Å²) in [5.41, 5.74) is 7.00. The zero-order valence-corrected chi connectivity index (χ0v) is 8.76. The maximum absolute atomic E-state index is 10.5. The lowest BCUT2D eigenvalue weighted by Crippen LogP contribution is -2.27. The zero-order valence-electron chi connectivity index (χ0n) is 8.76. The van der Waals surface area contributed by atoms with E-state index >= 15 is 0 Å². The predicted octanol–water partition coefficient (Wildman–Crippen LogP) is 1.07. The lowest BCUT2D eigenvalue weighted by molar-refractivity contribution is -0.136. The minimum absolute atomic E-state index is 0.0178. The van der Waals surface area contributed by atoms with Crippen LogP contribution in [0.15, 0.2) is 24.3 Å². The molecule has 1 aromatic carbocycles. The number of nitrogens with two attached hydrogens (primary N) is 1. The number of benzene rings is 1. The van der Waals surface area contributed by atoms with Crippen molar-refractivity contribution in [2.75, 3.05) is 23.7 Å². The van der Waals surface area contributed by atoms with Crippen LogP contribution in [0.3, 0.4) is 0 Å². The van der Waals surface area contributed by atoms with Gasteiger partial charge in [-0.2, -0.15) is 5.26 Å². The standard InChI is InChI=1S/C11H13N3O2/c12-6-8-14(7-5-11(15)16)10-4-2-1-3-9(10)13/h1-4H,5,7-8,13H2,(H,15,16). The van der Waals surface area contributed by atoms with Crippen LogP contribution in [0, 0.1) is 11.3 Å². The number of hydrogen-bond donors (Lipinski definition) is 2. The predicted molar refractivity (Wildman–Crippen MR) is 60.9 cm³/mol. The Hall–Kier alpha value is -2.22. The van der Waals surface area contributed by atoms with Crippen LogP contribution in [0.25, 0.3) is 0 Å². The van der Waals surface area contributed by atoms with Gasteiger partial charge >= 0.3 is 5.97 Å². The van der Waals surface area contributed by atoms with Gasteiger partial charge in [-0.25, -0.2) is 0 Å². The van der Waals surface area contributed by atoms with Gasteiger partial charge in [0.25, 0.3) is 0 Å². The van der Waals surface area contributed by atoms with Gasteiger partial charge in [0.05, 0.1) is 23.9 Å². The number of para-hydroxylation sites is 2. The van der Waals surface area contributed by atoms with E-state index in [0.717, 1.165) is 0 Å². The number of carboxylic acids is 1. The number of nitrogens with zero attached hydrogens (tertiary/aromatic N) is 2. The number of hydrogen-bond acceptors (Lipinski definition) is 4. The Morgan fingerprint density at radius 2 is 2.19 bits per heavy atom. The van der Waals surface area contributed by atoms with Crippen molar-refractivity contribution in [2.24, 2.45) is 0 Å². The molecule has 0 radical (unpaired) electrons. The highest BCUT2D eigenvalue weighted by molar-refractivity contribution is 5.70. The van der Waals surface area contributed by atoms with Crippen LogP contribution >= 0.6 is 0 Å². The van der Waals surface area contributed by atoms with Gasteiger partial charge in [0.15, 0.2) is 0 Å². The van der Waals surface area contributed by atoms with Crippen LogP contribution in [-0.2, 0) is 4.79 Å². The number of aliphatic carboxylic acids is 1. The second-order valence-corrected chi connectivity index (χ2v) is 3.28. The van der Waals surface area contributed by atoms with Gasteiger partial charge in [-0.05, 0) is 12.1 Å². The van der Waals surface area contributed by atoms with E-state index in [9.17, 15) is 4.79 Å². The monoisotopic (exact) mass is 219 g/mol. The molecule has 0 heterocycles. The average molecular weight is 219 g/mol. The SMILES string of the molecule is N#CCN(CCC(=O)O)c1ccccc1N. The fourth-order valence-corrected chi connectivity index (χ4v) is 1.38. The highest BCUT2D eigenvalue weighted by Crippen LogP contribution is 2.22. The number of carboxylic acid groups (broad SMARTS) is 1. The van der Waals surface area contributed by atoms with E-state index in [1.807, 2.05) is 6.07 Å². The summed E-state index contributed by atoms with van der Waals surface area (Å²) in [6, 6.07) is 9.08. The summed E-state index contributed by atoms with van der Waals surface area (Å²) in [5.74, 6) is -0.891. The van der Waals surface area contributed by atoms with E-state index in [4.69, 9.17) is 16.1 Å². The quantitative estimate of drug-likeness (QED) is 0.571. The number of carbonyl (C=O) groups is 1. The lowest BCUT2D eigenvalue weighted by Gasteiger charge is -2.22. The van der Waals surface area contributed by atoms with Crippen molar-refractivity contribution in [2.45, 2.75) is 6.42 Å². The summed E-state index contributed by atoms with van der Waals surface area (Å²) in [6.45, 7) is 0.401. The van der Waals surface area contributed by atoms with Crippen LogP contribution < -0.4 is 10.6 Å². The molecule has 0 amide bonds. The lowest BCUT2D eigenvalue weighted by atomic mass is 10.2. The third-order valence-electron chi connectivity index (χ3n) is 2.13. The smallest absolute Gasteiger partial charge is 0.305 e. The Kier molecular flexibility index (Phi) is 4.16. The summed E-state index contributed by atoms with van der Waals surface area (Å²) < 4.78 is 0. The molecule has 5 nitrogen and oxygen atoms in total. The second kappa shape index (κ2) is 5.61. The first-order chi connectivity index (χ1) is 7.65. The topological polar surface area (TPSA) is 90.3 Å². The highest BCUT2D eigenvalue weighted by Gasteiger charge is 2.10.